The van der Waals surface area contributed by atoms with Gasteiger partial charge in [-0.05, 0) is 67.6 Å². The van der Waals surface area contributed by atoms with Gasteiger partial charge < -0.3 is 9.47 Å². The third-order valence-corrected chi connectivity index (χ3v) is 6.39. The van der Waals surface area contributed by atoms with Crippen molar-refractivity contribution >= 4 is 40.6 Å². The summed E-state index contributed by atoms with van der Waals surface area (Å²) in [5.74, 6) is 0.199. The van der Waals surface area contributed by atoms with Gasteiger partial charge in [-0.1, -0.05) is 48.0 Å². The van der Waals surface area contributed by atoms with Crippen molar-refractivity contribution in [2.24, 2.45) is 4.99 Å². The van der Waals surface area contributed by atoms with Crippen LogP contribution in [0, 0.1) is 6.92 Å². The molecule has 0 spiro atoms. The van der Waals surface area contributed by atoms with Gasteiger partial charge in [0.1, 0.15) is 12.4 Å². The highest BCUT2D eigenvalue weighted by Crippen LogP contribution is 2.35. The standard InChI is InChI=1S/C28H26N2O4S/c1-4-33-27(32)21-13-15-23(16-14-21)29-28-30(3)26(31)25(35-28)17-22-7-5-6-8-24(22)34-18-20-11-9-19(2)10-12-20/h5-17H,4,18H2,1-3H3/b25-17-,29-28?. The maximum absolute atomic E-state index is 12.9. The Labute approximate surface area is 209 Å². The molecule has 7 heteroatoms. The van der Waals surface area contributed by atoms with Crippen LogP contribution in [0.25, 0.3) is 6.08 Å². The number of benzene rings is 3. The summed E-state index contributed by atoms with van der Waals surface area (Å²) in [7, 11) is 1.70. The van der Waals surface area contributed by atoms with Crippen LogP contribution in [-0.4, -0.2) is 35.6 Å². The van der Waals surface area contributed by atoms with Crippen molar-refractivity contribution in [2.45, 2.75) is 20.5 Å². The van der Waals surface area contributed by atoms with Gasteiger partial charge >= 0.3 is 5.97 Å². The highest BCUT2D eigenvalue weighted by molar-refractivity contribution is 8.18. The number of carbonyl (C=O) groups excluding carboxylic acids is 2. The summed E-state index contributed by atoms with van der Waals surface area (Å²) in [6.07, 6.45) is 1.83. The van der Waals surface area contributed by atoms with Gasteiger partial charge in [0.25, 0.3) is 5.91 Å². The largest absolute Gasteiger partial charge is 0.488 e. The van der Waals surface area contributed by atoms with Crippen molar-refractivity contribution in [1.29, 1.82) is 0 Å². The number of aryl methyl sites for hydroxylation is 1. The Morgan fingerprint density at radius 1 is 1.03 bits per heavy atom. The number of ether oxygens (including phenoxy) is 2. The minimum atomic E-state index is -0.372. The first-order valence-electron chi connectivity index (χ1n) is 11.3. The summed E-state index contributed by atoms with van der Waals surface area (Å²) in [4.78, 5) is 31.4. The number of hydrogen-bond donors (Lipinski definition) is 0. The molecule has 6 nitrogen and oxygen atoms in total. The van der Waals surface area contributed by atoms with E-state index in [1.54, 1.807) is 38.2 Å². The summed E-state index contributed by atoms with van der Waals surface area (Å²) in [5.41, 5.74) is 4.20. The molecule has 4 rings (SSSR count). The summed E-state index contributed by atoms with van der Waals surface area (Å²) in [5, 5.41) is 0.559. The van der Waals surface area contributed by atoms with E-state index in [2.05, 4.69) is 24.0 Å². The van der Waals surface area contributed by atoms with Crippen LogP contribution >= 0.6 is 11.8 Å². The number of rotatable bonds is 7. The Hall–Kier alpha value is -3.84. The van der Waals surface area contributed by atoms with Gasteiger partial charge in [0.15, 0.2) is 5.17 Å². The molecule has 35 heavy (non-hydrogen) atoms. The van der Waals surface area contributed by atoms with Gasteiger partial charge in [0.05, 0.1) is 22.8 Å². The van der Waals surface area contributed by atoms with E-state index in [4.69, 9.17) is 9.47 Å². The molecule has 0 atom stereocenters. The topological polar surface area (TPSA) is 68.2 Å². The van der Waals surface area contributed by atoms with Gasteiger partial charge in [0, 0.05) is 12.6 Å². The molecule has 0 aromatic heterocycles. The Kier molecular flexibility index (Phi) is 7.67. The fourth-order valence-corrected chi connectivity index (χ4v) is 4.34. The van der Waals surface area contributed by atoms with Gasteiger partial charge in [-0.3, -0.25) is 9.69 Å². The van der Waals surface area contributed by atoms with Gasteiger partial charge in [-0.25, -0.2) is 9.79 Å². The van der Waals surface area contributed by atoms with E-state index in [9.17, 15) is 9.59 Å². The molecule has 0 unspecified atom stereocenters. The summed E-state index contributed by atoms with van der Waals surface area (Å²) >= 11 is 1.30. The molecule has 1 aliphatic rings. The minimum absolute atomic E-state index is 0.134. The normalized spacial score (nSPS) is 15.6. The molecule has 0 N–H and O–H groups in total. The van der Waals surface area contributed by atoms with Crippen LogP contribution in [0.3, 0.4) is 0 Å². The number of likely N-dealkylation sites (N-methyl/N-ethyl adjacent to an activating group) is 1. The monoisotopic (exact) mass is 486 g/mol. The predicted octanol–water partition coefficient (Wildman–Crippen LogP) is 5.98. The number of nitrogens with zero attached hydrogens (tertiary/aromatic N) is 2. The van der Waals surface area contributed by atoms with Crippen molar-refractivity contribution in [3.05, 3.63) is 100.0 Å². The second kappa shape index (κ2) is 11.1. The van der Waals surface area contributed by atoms with Crippen molar-refractivity contribution in [2.75, 3.05) is 13.7 Å². The van der Waals surface area contributed by atoms with Crippen LogP contribution < -0.4 is 4.74 Å². The van der Waals surface area contributed by atoms with Gasteiger partial charge in [-0.15, -0.1) is 0 Å². The molecule has 1 heterocycles. The maximum atomic E-state index is 12.9. The van der Waals surface area contributed by atoms with E-state index in [1.807, 2.05) is 42.5 Å². The average Bonchev–Trinajstić information content (AvgIpc) is 3.12. The summed E-state index contributed by atoms with van der Waals surface area (Å²) in [6.45, 7) is 4.58. The van der Waals surface area contributed by atoms with Crippen LogP contribution in [0.15, 0.2) is 82.7 Å². The Bertz CT molecular complexity index is 1280. The van der Waals surface area contributed by atoms with Crippen LogP contribution in [0.4, 0.5) is 5.69 Å². The first-order valence-corrected chi connectivity index (χ1v) is 12.1. The minimum Gasteiger partial charge on any atom is -0.488 e. The quantitative estimate of drug-likeness (QED) is 0.303. The van der Waals surface area contributed by atoms with E-state index in [1.165, 1.54) is 22.2 Å². The van der Waals surface area contributed by atoms with Crippen LogP contribution in [0.2, 0.25) is 0 Å². The molecule has 0 saturated carbocycles. The smallest absolute Gasteiger partial charge is 0.338 e. The van der Waals surface area contributed by atoms with E-state index in [0.717, 1.165) is 11.1 Å². The molecule has 1 saturated heterocycles. The van der Waals surface area contributed by atoms with Gasteiger partial charge in [-0.2, -0.15) is 0 Å². The molecule has 3 aromatic rings. The molecule has 0 aliphatic carbocycles. The SMILES string of the molecule is CCOC(=O)c1ccc(N=C2S/C(=C\c3ccccc3OCc3ccc(C)cc3)C(=O)N2C)cc1. The van der Waals surface area contributed by atoms with Crippen molar-refractivity contribution in [3.8, 4) is 5.75 Å². The Morgan fingerprint density at radius 3 is 2.46 bits per heavy atom. The fraction of sp³-hybridized carbons (Fsp3) is 0.179. The maximum Gasteiger partial charge on any atom is 0.338 e. The predicted molar refractivity (Wildman–Crippen MR) is 140 cm³/mol. The molecular weight excluding hydrogens is 460 g/mol. The lowest BCUT2D eigenvalue weighted by Gasteiger charge is -2.10. The zero-order chi connectivity index (χ0) is 24.8. The number of aliphatic imine (C=N–C) groups is 1. The number of carbonyl (C=O) groups is 2. The number of thioether (sulfide) groups is 1. The lowest BCUT2D eigenvalue weighted by molar-refractivity contribution is -0.121. The summed E-state index contributed by atoms with van der Waals surface area (Å²) in [6, 6.07) is 22.6. The van der Waals surface area contributed by atoms with E-state index in [0.29, 0.717) is 40.3 Å². The van der Waals surface area contributed by atoms with E-state index in [-0.39, 0.29) is 11.9 Å². The molecular formula is C28H26N2O4S. The highest BCUT2D eigenvalue weighted by Gasteiger charge is 2.30. The van der Waals surface area contributed by atoms with Crippen molar-refractivity contribution in [1.82, 2.24) is 4.90 Å². The summed E-state index contributed by atoms with van der Waals surface area (Å²) < 4.78 is 11.1. The van der Waals surface area contributed by atoms with E-state index < -0.39 is 0 Å². The van der Waals surface area contributed by atoms with Crippen LogP contribution in [-0.2, 0) is 16.1 Å². The first kappa shape index (κ1) is 24.3. The number of para-hydroxylation sites is 1. The third-order valence-electron chi connectivity index (χ3n) is 5.33. The lowest BCUT2D eigenvalue weighted by Crippen LogP contribution is -2.23. The molecule has 3 aromatic carbocycles. The van der Waals surface area contributed by atoms with Crippen LogP contribution in [0.1, 0.15) is 34.0 Å². The zero-order valence-corrected chi connectivity index (χ0v) is 20.7. The number of esters is 1. The van der Waals surface area contributed by atoms with Gasteiger partial charge in [0.2, 0.25) is 0 Å². The van der Waals surface area contributed by atoms with Crippen molar-refractivity contribution < 1.29 is 19.1 Å². The molecule has 178 valence electrons. The second-order valence-corrected chi connectivity index (χ2v) is 8.96. The first-order chi connectivity index (χ1) is 16.9. The molecule has 1 fully saturated rings. The highest BCUT2D eigenvalue weighted by atomic mass is 32.2. The van der Waals surface area contributed by atoms with E-state index >= 15 is 0 Å². The van der Waals surface area contributed by atoms with Crippen LogP contribution in [0.5, 0.6) is 5.75 Å². The molecule has 0 radical (unpaired) electrons. The third kappa shape index (κ3) is 6.00. The number of amidine groups is 1. The molecule has 1 aliphatic heterocycles. The number of hydrogen-bond acceptors (Lipinski definition) is 6. The number of amides is 1. The molecule has 1 amide bonds. The zero-order valence-electron chi connectivity index (χ0n) is 19.9. The lowest BCUT2D eigenvalue weighted by atomic mass is 10.1. The average molecular weight is 487 g/mol. The molecule has 0 bridgehead atoms. The fourth-order valence-electron chi connectivity index (χ4n) is 3.37. The Balaban J connectivity index is 1.51. The Morgan fingerprint density at radius 2 is 1.74 bits per heavy atom. The second-order valence-electron chi connectivity index (χ2n) is 7.95. The van der Waals surface area contributed by atoms with Crippen molar-refractivity contribution in [3.63, 3.8) is 0 Å².